The maximum absolute atomic E-state index is 6.08. The van der Waals surface area contributed by atoms with E-state index in [1.807, 2.05) is 31.3 Å². The maximum Gasteiger partial charge on any atom is 0.160 e. The number of halogens is 1. The number of likely N-dealkylation sites (N-methyl/N-ethyl adjacent to an activating group) is 1. The zero-order valence-corrected chi connectivity index (χ0v) is 10.8. The van der Waals surface area contributed by atoms with Crippen LogP contribution in [0.4, 0.5) is 0 Å². The van der Waals surface area contributed by atoms with E-state index >= 15 is 0 Å². The van der Waals surface area contributed by atoms with Gasteiger partial charge >= 0.3 is 0 Å². The molecule has 0 fully saturated rings. The summed E-state index contributed by atoms with van der Waals surface area (Å²) in [5, 5.41) is 3.64. The molecule has 4 nitrogen and oxygen atoms in total. The van der Waals surface area contributed by atoms with Crippen LogP contribution < -0.4 is 10.1 Å². The highest BCUT2D eigenvalue weighted by Crippen LogP contribution is 2.24. The Labute approximate surface area is 111 Å². The minimum atomic E-state index is 0.589. The first kappa shape index (κ1) is 12.8. The van der Waals surface area contributed by atoms with Crippen molar-refractivity contribution in [2.24, 2.45) is 0 Å². The highest BCUT2D eigenvalue weighted by molar-refractivity contribution is 6.33. The Bertz CT molecular complexity index is 502. The average Bonchev–Trinajstić information content (AvgIpc) is 2.41. The minimum Gasteiger partial charge on any atom is -0.489 e. The molecule has 0 saturated heterocycles. The molecule has 18 heavy (non-hydrogen) atoms. The molecule has 0 amide bonds. The first-order valence-corrected chi connectivity index (χ1v) is 6.03. The van der Waals surface area contributed by atoms with Crippen molar-refractivity contribution in [1.82, 2.24) is 15.3 Å². The van der Waals surface area contributed by atoms with Crippen LogP contribution in [-0.2, 0) is 0 Å². The summed E-state index contributed by atoms with van der Waals surface area (Å²) in [5.74, 6) is 1.25. The van der Waals surface area contributed by atoms with E-state index in [0.29, 0.717) is 23.2 Å². The summed E-state index contributed by atoms with van der Waals surface area (Å²) in [5.41, 5.74) is 0.820. The van der Waals surface area contributed by atoms with E-state index in [0.717, 1.165) is 12.1 Å². The van der Waals surface area contributed by atoms with Crippen LogP contribution in [0.2, 0.25) is 5.02 Å². The first-order chi connectivity index (χ1) is 8.81. The zero-order chi connectivity index (χ0) is 12.8. The molecule has 2 aromatic rings. The lowest BCUT2D eigenvalue weighted by molar-refractivity contribution is 0.316. The fourth-order valence-electron chi connectivity index (χ4n) is 1.44. The standard InChI is InChI=1S/C13H14ClN3O/c1-15-6-7-18-10-8-16-13(17-9-10)11-4-2-3-5-12(11)14/h2-5,8-9,15H,6-7H2,1H3. The zero-order valence-electron chi connectivity index (χ0n) is 10.1. The second-order valence-electron chi connectivity index (χ2n) is 3.67. The maximum atomic E-state index is 6.08. The van der Waals surface area contributed by atoms with E-state index in [-0.39, 0.29) is 0 Å². The van der Waals surface area contributed by atoms with Crippen molar-refractivity contribution in [3.05, 3.63) is 41.7 Å². The van der Waals surface area contributed by atoms with Crippen molar-refractivity contribution in [3.63, 3.8) is 0 Å². The number of nitrogens with zero attached hydrogens (tertiary/aromatic N) is 2. The van der Waals surface area contributed by atoms with Gasteiger partial charge in [0.2, 0.25) is 0 Å². The molecule has 0 aliphatic carbocycles. The SMILES string of the molecule is CNCCOc1cnc(-c2ccccc2Cl)nc1. The van der Waals surface area contributed by atoms with Gasteiger partial charge in [-0.1, -0.05) is 23.7 Å². The summed E-state index contributed by atoms with van der Waals surface area (Å²) >= 11 is 6.08. The molecule has 1 aromatic carbocycles. The fraction of sp³-hybridized carbons (Fsp3) is 0.231. The Morgan fingerprint density at radius 1 is 1.22 bits per heavy atom. The molecule has 94 valence electrons. The normalized spacial score (nSPS) is 10.3. The smallest absolute Gasteiger partial charge is 0.160 e. The Morgan fingerprint density at radius 2 is 1.94 bits per heavy atom. The van der Waals surface area contributed by atoms with Gasteiger partial charge in [0.1, 0.15) is 6.61 Å². The minimum absolute atomic E-state index is 0.589. The number of benzene rings is 1. The van der Waals surface area contributed by atoms with E-state index in [1.165, 1.54) is 0 Å². The van der Waals surface area contributed by atoms with Crippen LogP contribution in [-0.4, -0.2) is 30.2 Å². The molecule has 5 heteroatoms. The van der Waals surface area contributed by atoms with Crippen molar-refractivity contribution in [2.45, 2.75) is 0 Å². The Morgan fingerprint density at radius 3 is 2.61 bits per heavy atom. The van der Waals surface area contributed by atoms with Crippen LogP contribution >= 0.6 is 11.6 Å². The van der Waals surface area contributed by atoms with Gasteiger partial charge in [-0.05, 0) is 19.2 Å². The van der Waals surface area contributed by atoms with Crippen LogP contribution in [0.5, 0.6) is 5.75 Å². The predicted molar refractivity (Wildman–Crippen MR) is 71.9 cm³/mol. The molecule has 0 aliphatic rings. The van der Waals surface area contributed by atoms with Crippen LogP contribution in [0, 0.1) is 0 Å². The number of ether oxygens (including phenoxy) is 1. The Hall–Kier alpha value is -1.65. The van der Waals surface area contributed by atoms with Crippen LogP contribution in [0.25, 0.3) is 11.4 Å². The summed E-state index contributed by atoms with van der Waals surface area (Å²) in [6.45, 7) is 1.37. The largest absolute Gasteiger partial charge is 0.489 e. The number of aromatic nitrogens is 2. The predicted octanol–water partition coefficient (Wildman–Crippen LogP) is 2.40. The molecule has 1 heterocycles. The second-order valence-corrected chi connectivity index (χ2v) is 4.08. The number of hydrogen-bond acceptors (Lipinski definition) is 4. The molecule has 2 rings (SSSR count). The molecule has 0 spiro atoms. The van der Waals surface area contributed by atoms with E-state index in [2.05, 4.69) is 15.3 Å². The molecular weight excluding hydrogens is 250 g/mol. The molecule has 0 bridgehead atoms. The summed E-state index contributed by atoms with van der Waals surface area (Å²) < 4.78 is 5.45. The average molecular weight is 264 g/mol. The third-order valence-electron chi connectivity index (χ3n) is 2.36. The van der Waals surface area contributed by atoms with Gasteiger partial charge in [-0.3, -0.25) is 0 Å². The highest BCUT2D eigenvalue weighted by Gasteiger charge is 2.05. The number of rotatable bonds is 5. The van der Waals surface area contributed by atoms with E-state index in [9.17, 15) is 0 Å². The summed E-state index contributed by atoms with van der Waals surface area (Å²) in [7, 11) is 1.88. The molecule has 0 unspecified atom stereocenters. The fourth-order valence-corrected chi connectivity index (χ4v) is 1.66. The quantitative estimate of drug-likeness (QED) is 0.842. The van der Waals surface area contributed by atoms with Crippen LogP contribution in [0.15, 0.2) is 36.7 Å². The van der Waals surface area contributed by atoms with E-state index in [1.54, 1.807) is 12.4 Å². The topological polar surface area (TPSA) is 47.0 Å². The molecule has 0 atom stereocenters. The Balaban J connectivity index is 2.10. The number of nitrogens with one attached hydrogen (secondary N) is 1. The van der Waals surface area contributed by atoms with Crippen molar-refractivity contribution < 1.29 is 4.74 Å². The van der Waals surface area contributed by atoms with Crippen molar-refractivity contribution >= 4 is 11.6 Å². The van der Waals surface area contributed by atoms with Gasteiger partial charge in [0.15, 0.2) is 11.6 Å². The molecule has 0 radical (unpaired) electrons. The van der Waals surface area contributed by atoms with Crippen LogP contribution in [0.1, 0.15) is 0 Å². The molecule has 0 aliphatic heterocycles. The van der Waals surface area contributed by atoms with Gasteiger partial charge in [0.25, 0.3) is 0 Å². The molecule has 1 N–H and O–H groups in total. The molecular formula is C13H14ClN3O. The van der Waals surface area contributed by atoms with Gasteiger partial charge in [-0.2, -0.15) is 0 Å². The van der Waals surface area contributed by atoms with Gasteiger partial charge in [-0.15, -0.1) is 0 Å². The van der Waals surface area contributed by atoms with E-state index in [4.69, 9.17) is 16.3 Å². The van der Waals surface area contributed by atoms with Crippen molar-refractivity contribution in [3.8, 4) is 17.1 Å². The molecule has 1 aromatic heterocycles. The van der Waals surface area contributed by atoms with E-state index < -0.39 is 0 Å². The van der Waals surface area contributed by atoms with Gasteiger partial charge in [0.05, 0.1) is 17.4 Å². The lowest BCUT2D eigenvalue weighted by atomic mass is 10.2. The van der Waals surface area contributed by atoms with Crippen LogP contribution in [0.3, 0.4) is 0 Å². The highest BCUT2D eigenvalue weighted by atomic mass is 35.5. The lowest BCUT2D eigenvalue weighted by Crippen LogP contribution is -2.16. The van der Waals surface area contributed by atoms with Crippen molar-refractivity contribution in [2.75, 3.05) is 20.2 Å². The molecule has 0 saturated carbocycles. The number of hydrogen-bond donors (Lipinski definition) is 1. The second kappa shape index (κ2) is 6.33. The third kappa shape index (κ3) is 3.18. The summed E-state index contributed by atoms with van der Waals surface area (Å²) in [4.78, 5) is 8.50. The van der Waals surface area contributed by atoms with Gasteiger partial charge < -0.3 is 10.1 Å². The third-order valence-corrected chi connectivity index (χ3v) is 2.69. The Kier molecular flexibility index (Phi) is 4.50. The van der Waals surface area contributed by atoms with Gasteiger partial charge in [0, 0.05) is 12.1 Å². The first-order valence-electron chi connectivity index (χ1n) is 5.65. The summed E-state index contributed by atoms with van der Waals surface area (Å²) in [6, 6.07) is 7.49. The monoisotopic (exact) mass is 263 g/mol. The van der Waals surface area contributed by atoms with Crippen molar-refractivity contribution in [1.29, 1.82) is 0 Å². The lowest BCUT2D eigenvalue weighted by Gasteiger charge is -2.06. The van der Waals surface area contributed by atoms with Gasteiger partial charge in [-0.25, -0.2) is 9.97 Å². The summed E-state index contributed by atoms with van der Waals surface area (Å²) in [6.07, 6.45) is 3.31.